The summed E-state index contributed by atoms with van der Waals surface area (Å²) in [6.45, 7) is 60.0. The van der Waals surface area contributed by atoms with E-state index in [-0.39, 0.29) is 43.3 Å². The van der Waals surface area contributed by atoms with Crippen LogP contribution in [0.25, 0.3) is 43.9 Å². The zero-order valence-corrected chi connectivity index (χ0v) is 53.4. The fraction of sp³-hybridized carbons (Fsp3) is 0.631. The van der Waals surface area contributed by atoms with Gasteiger partial charge in [0.05, 0.1) is 6.10 Å². The third-order valence-electron chi connectivity index (χ3n) is 15.2. The molecule has 8 rings (SSSR count). The Labute approximate surface area is 458 Å². The van der Waals surface area contributed by atoms with Crippen LogP contribution < -0.4 is 9.05 Å². The van der Waals surface area contributed by atoms with Crippen molar-refractivity contribution in [2.75, 3.05) is 0 Å². The summed E-state index contributed by atoms with van der Waals surface area (Å²) >= 11 is 0. The van der Waals surface area contributed by atoms with Crippen molar-refractivity contribution in [1.29, 1.82) is 0 Å². The molecule has 0 N–H and O–H groups in total. The van der Waals surface area contributed by atoms with E-state index in [9.17, 15) is 0 Å². The molecular weight excluding hydrogens is 987 g/mol. The van der Waals surface area contributed by atoms with E-state index in [0.717, 1.165) is 66.1 Å². The molecule has 0 spiro atoms. The van der Waals surface area contributed by atoms with Gasteiger partial charge in [0, 0.05) is 43.8 Å². The van der Waals surface area contributed by atoms with Crippen LogP contribution in [-0.4, -0.2) is 36.5 Å². The SMILES string of the molecule is C[C@H](Op1oc2c(C(C)(C)C)cc(C(C)(C)C)cc2c2cc(C(C)(C)C)cc(C(C)(C)C)c2o1)[C@H]1O[C@@H]2OC(C)(C)O[C@@H]2[C@H]1Op1oc2c(C(C)(C)C)cc(C(C)(C)C)cc2c2cc(C(C)(C)C)cc(C(C)(C)C)c2o1. The Morgan fingerprint density at radius 1 is 0.408 bits per heavy atom. The van der Waals surface area contributed by atoms with Crippen LogP contribution >= 0.6 is 16.5 Å². The van der Waals surface area contributed by atoms with Crippen molar-refractivity contribution in [3.05, 3.63) is 93.0 Å². The molecule has 5 atom stereocenters. The molecule has 11 heteroatoms. The predicted octanol–water partition coefficient (Wildman–Crippen LogP) is 19.5. The minimum atomic E-state index is -2.17. The number of hydrogen-bond donors (Lipinski definition) is 0. The Hall–Kier alpha value is -3.52. The summed E-state index contributed by atoms with van der Waals surface area (Å²) in [5, 5.41) is 3.99. The average Bonchev–Trinajstić information content (AvgIpc) is 3.57. The van der Waals surface area contributed by atoms with Crippen LogP contribution in [0.2, 0.25) is 0 Å². The van der Waals surface area contributed by atoms with Gasteiger partial charge in [0.2, 0.25) is 0 Å². The van der Waals surface area contributed by atoms with E-state index in [1.165, 1.54) is 22.3 Å². The van der Waals surface area contributed by atoms with E-state index < -0.39 is 53.0 Å². The highest BCUT2D eigenvalue weighted by Gasteiger charge is 2.58. The molecule has 2 aliphatic heterocycles. The first kappa shape index (κ1) is 58.6. The van der Waals surface area contributed by atoms with Gasteiger partial charge >= 0.3 is 16.5 Å². The molecule has 2 fully saturated rings. The molecule has 0 aliphatic carbocycles. The second kappa shape index (κ2) is 19.1. The zero-order chi connectivity index (χ0) is 56.8. The van der Waals surface area contributed by atoms with E-state index in [4.69, 9.17) is 40.0 Å². The second-order valence-electron chi connectivity index (χ2n) is 30.9. The normalized spacial score (nSPS) is 20.6. The van der Waals surface area contributed by atoms with Crippen molar-refractivity contribution < 1.29 is 40.0 Å². The molecule has 2 aromatic heterocycles. The topological polar surface area (TPSA) is 98.7 Å². The van der Waals surface area contributed by atoms with Crippen LogP contribution in [-0.2, 0) is 57.5 Å². The highest BCUT2D eigenvalue weighted by molar-refractivity contribution is 7.32. The summed E-state index contributed by atoms with van der Waals surface area (Å²) in [5.74, 6) is -0.940. The zero-order valence-electron chi connectivity index (χ0n) is 51.6. The van der Waals surface area contributed by atoms with Crippen molar-refractivity contribution in [3.63, 3.8) is 0 Å². The Bertz CT molecular complexity index is 3090. The van der Waals surface area contributed by atoms with Gasteiger partial charge in [-0.3, -0.25) is 9.05 Å². The minimum Gasteiger partial charge on any atom is -0.399 e. The number of fused-ring (bicyclic) bond motifs is 7. The Kier molecular flexibility index (Phi) is 14.7. The largest absolute Gasteiger partial charge is 0.399 e. The maximum atomic E-state index is 7.40. The molecule has 0 bridgehead atoms. The predicted molar refractivity (Wildman–Crippen MR) is 317 cm³/mol. The van der Waals surface area contributed by atoms with E-state index >= 15 is 0 Å². The van der Waals surface area contributed by atoms with E-state index in [0.29, 0.717) is 0 Å². The van der Waals surface area contributed by atoms with Gasteiger partial charge in [-0.25, -0.2) is 0 Å². The fourth-order valence-corrected chi connectivity index (χ4v) is 12.8. The Morgan fingerprint density at radius 3 is 0.974 bits per heavy atom. The van der Waals surface area contributed by atoms with E-state index in [2.05, 4.69) is 215 Å². The lowest BCUT2D eigenvalue weighted by Crippen LogP contribution is -2.44. The molecule has 76 heavy (non-hydrogen) atoms. The lowest BCUT2D eigenvalue weighted by Gasteiger charge is -2.28. The molecule has 0 saturated carbocycles. The van der Waals surface area contributed by atoms with Crippen LogP contribution in [0.4, 0.5) is 0 Å². The van der Waals surface area contributed by atoms with Crippen LogP contribution in [0.1, 0.15) is 231 Å². The first-order valence-corrected chi connectivity index (χ1v) is 30.0. The van der Waals surface area contributed by atoms with E-state index in [1.807, 2.05) is 20.8 Å². The van der Waals surface area contributed by atoms with Crippen molar-refractivity contribution in [2.24, 2.45) is 0 Å². The summed E-state index contributed by atoms with van der Waals surface area (Å²) in [6, 6.07) is 18.5. The first-order chi connectivity index (χ1) is 34.3. The molecular formula is C65H94O9P2. The van der Waals surface area contributed by atoms with Gasteiger partial charge in [-0.15, -0.1) is 0 Å². The Morgan fingerprint density at radius 2 is 0.697 bits per heavy atom. The van der Waals surface area contributed by atoms with Crippen molar-refractivity contribution >= 4 is 60.4 Å². The molecule has 0 radical (unpaired) electrons. The smallest absolute Gasteiger partial charge is 0.387 e. The summed E-state index contributed by atoms with van der Waals surface area (Å²) in [5.41, 5.74) is 10.5. The van der Waals surface area contributed by atoms with Gasteiger partial charge in [0.1, 0.15) is 40.6 Å². The lowest BCUT2D eigenvalue weighted by molar-refractivity contribution is -0.218. The fourth-order valence-electron chi connectivity index (χ4n) is 10.4. The van der Waals surface area contributed by atoms with Crippen LogP contribution in [0.5, 0.6) is 0 Å². The summed E-state index contributed by atoms with van der Waals surface area (Å²) in [7, 11) is -4.28. The van der Waals surface area contributed by atoms with Gasteiger partial charge in [-0.2, -0.15) is 0 Å². The standard InChI is InChI=1S/C65H94O9P2/c1-36(69-75-70-50-41(28-37(57(2,3)4)32-45(50)61(14,15)16)42-29-38(58(5,6)7)33-46(51(42)71-75)62(17,18)19)49-54(55-56(66-49)68-65(26,27)67-55)74-76-72-52-43(30-39(59(8,9)10)34-47(52)63(20,21)22)44-31-40(60(11,12)13)35-48(53(44)73-76)64(23,24)25/h28-36,49,54-56H,1-27H3/t36-,49+,54-,55+,56+/m0/s1. The van der Waals surface area contributed by atoms with Crippen LogP contribution in [0.3, 0.4) is 0 Å². The second-order valence-corrected chi connectivity index (χ2v) is 32.9. The minimum absolute atomic E-state index is 0.137. The quantitative estimate of drug-likeness (QED) is 0.167. The van der Waals surface area contributed by atoms with Gasteiger partial charge in [0.25, 0.3) is 0 Å². The van der Waals surface area contributed by atoms with Gasteiger partial charge < -0.3 is 31.0 Å². The van der Waals surface area contributed by atoms with Gasteiger partial charge in [-0.1, -0.05) is 190 Å². The monoisotopic (exact) mass is 1080 g/mol. The highest BCUT2D eigenvalue weighted by atomic mass is 31.1. The maximum absolute atomic E-state index is 7.40. The molecule has 6 aromatic rings. The van der Waals surface area contributed by atoms with E-state index in [1.54, 1.807) is 0 Å². The first-order valence-electron chi connectivity index (χ1n) is 27.8. The highest BCUT2D eigenvalue weighted by Crippen LogP contribution is 2.50. The van der Waals surface area contributed by atoms with Gasteiger partial charge in [0.15, 0.2) is 12.1 Å². The average molecular weight is 1080 g/mol. The molecule has 4 heterocycles. The molecule has 0 unspecified atom stereocenters. The third-order valence-corrected chi connectivity index (χ3v) is 17.5. The number of benzene rings is 4. The maximum Gasteiger partial charge on any atom is 0.387 e. The van der Waals surface area contributed by atoms with Crippen molar-refractivity contribution in [1.82, 2.24) is 0 Å². The van der Waals surface area contributed by atoms with Crippen molar-refractivity contribution in [3.8, 4) is 0 Å². The molecule has 2 saturated heterocycles. The van der Waals surface area contributed by atoms with Crippen LogP contribution in [0.15, 0.2) is 65.3 Å². The third kappa shape index (κ3) is 11.7. The number of hydrogen-bond acceptors (Lipinski definition) is 9. The molecule has 9 nitrogen and oxygen atoms in total. The summed E-state index contributed by atoms with van der Waals surface area (Å²) in [4.78, 5) is 0. The molecule has 2 aliphatic rings. The Balaban J connectivity index is 1.38. The summed E-state index contributed by atoms with van der Waals surface area (Å²) in [6.07, 6.45) is -3.56. The van der Waals surface area contributed by atoms with Crippen LogP contribution in [0, 0.1) is 0 Å². The van der Waals surface area contributed by atoms with Gasteiger partial charge in [-0.05, 0) is 111 Å². The number of ether oxygens (including phenoxy) is 3. The molecule has 4 aromatic carbocycles. The molecule has 418 valence electrons. The van der Waals surface area contributed by atoms with Crippen molar-refractivity contribution in [2.45, 2.75) is 267 Å². The molecule has 0 amide bonds. The lowest BCUT2D eigenvalue weighted by atomic mass is 9.77. The number of rotatable bonds is 5. The summed E-state index contributed by atoms with van der Waals surface area (Å²) < 4.78 is 64.0.